The van der Waals surface area contributed by atoms with Crippen LogP contribution in [-0.2, 0) is 16.1 Å². The molecular formula is C18H22ClN7O3. The van der Waals surface area contributed by atoms with Crippen molar-refractivity contribution in [1.29, 1.82) is 0 Å². The molecule has 0 saturated carbocycles. The minimum atomic E-state index is -0.584. The summed E-state index contributed by atoms with van der Waals surface area (Å²) in [4.78, 5) is 32.1. The smallest absolute Gasteiger partial charge is 0.360 e. The van der Waals surface area contributed by atoms with Crippen LogP contribution in [0.15, 0.2) is 24.8 Å². The molecule has 0 saturated heterocycles. The van der Waals surface area contributed by atoms with Crippen molar-refractivity contribution in [1.82, 2.24) is 34.8 Å². The predicted octanol–water partition coefficient (Wildman–Crippen LogP) is 2.01. The van der Waals surface area contributed by atoms with Crippen molar-refractivity contribution >= 4 is 34.5 Å². The van der Waals surface area contributed by atoms with Crippen molar-refractivity contribution in [2.24, 2.45) is 0 Å². The largest absolute Gasteiger partial charge is 0.459 e. The van der Waals surface area contributed by atoms with Crippen molar-refractivity contribution in [2.75, 3.05) is 6.61 Å². The molecule has 1 amide bonds. The molecule has 11 heteroatoms. The van der Waals surface area contributed by atoms with E-state index >= 15 is 0 Å². The third-order valence-electron chi connectivity index (χ3n) is 4.16. The number of nitrogens with zero attached hydrogens (tertiary/aromatic N) is 6. The number of carbonyl (C=O) groups is 2. The fraction of sp³-hybridized carbons (Fsp3) is 0.444. The lowest BCUT2D eigenvalue weighted by atomic mass is 10.3. The molecular weight excluding hydrogens is 398 g/mol. The highest BCUT2D eigenvalue weighted by atomic mass is 35.5. The highest BCUT2D eigenvalue weighted by Crippen LogP contribution is 2.23. The molecule has 3 rings (SSSR count). The molecule has 0 aliphatic heterocycles. The Bertz CT molecular complexity index is 1010. The topological polar surface area (TPSA) is 117 Å². The van der Waals surface area contributed by atoms with Crippen molar-refractivity contribution in [2.45, 2.75) is 45.8 Å². The van der Waals surface area contributed by atoms with Crippen LogP contribution in [0.4, 0.5) is 0 Å². The lowest BCUT2D eigenvalue weighted by Gasteiger charge is -2.14. The van der Waals surface area contributed by atoms with Crippen molar-refractivity contribution in [3.05, 3.63) is 35.6 Å². The quantitative estimate of drug-likeness (QED) is 0.438. The first kappa shape index (κ1) is 20.7. The van der Waals surface area contributed by atoms with Gasteiger partial charge >= 0.3 is 5.97 Å². The van der Waals surface area contributed by atoms with Crippen molar-refractivity contribution in [3.63, 3.8) is 0 Å². The van der Waals surface area contributed by atoms with Gasteiger partial charge in [0.1, 0.15) is 23.7 Å². The lowest BCUT2D eigenvalue weighted by Crippen LogP contribution is -2.30. The third kappa shape index (κ3) is 5.08. The van der Waals surface area contributed by atoms with Gasteiger partial charge in [-0.25, -0.2) is 14.8 Å². The van der Waals surface area contributed by atoms with Gasteiger partial charge in [0.15, 0.2) is 5.69 Å². The summed E-state index contributed by atoms with van der Waals surface area (Å²) in [5, 5.41) is 11.6. The summed E-state index contributed by atoms with van der Waals surface area (Å²) in [6, 6.07) is 1.72. The van der Waals surface area contributed by atoms with Gasteiger partial charge in [0.2, 0.25) is 5.91 Å². The zero-order valence-electron chi connectivity index (χ0n) is 16.4. The molecule has 10 nitrogen and oxygen atoms in total. The zero-order chi connectivity index (χ0) is 21.0. The Kier molecular flexibility index (Phi) is 6.42. The summed E-state index contributed by atoms with van der Waals surface area (Å²) >= 11 is 6.06. The Morgan fingerprint density at radius 1 is 1.28 bits per heavy atom. The Balaban J connectivity index is 1.54. The van der Waals surface area contributed by atoms with E-state index in [0.717, 1.165) is 5.39 Å². The molecule has 3 aromatic heterocycles. The minimum Gasteiger partial charge on any atom is -0.459 e. The molecule has 3 aromatic rings. The summed E-state index contributed by atoms with van der Waals surface area (Å²) < 4.78 is 8.66. The van der Waals surface area contributed by atoms with Gasteiger partial charge in [-0.3, -0.25) is 9.48 Å². The van der Waals surface area contributed by atoms with Gasteiger partial charge in [0.25, 0.3) is 0 Å². The zero-order valence-corrected chi connectivity index (χ0v) is 17.1. The average molecular weight is 420 g/mol. The van der Waals surface area contributed by atoms with Crippen LogP contribution >= 0.6 is 11.6 Å². The second kappa shape index (κ2) is 8.99. The maximum atomic E-state index is 12.3. The first-order chi connectivity index (χ1) is 13.8. The van der Waals surface area contributed by atoms with Crippen LogP contribution in [0.3, 0.4) is 0 Å². The van der Waals surface area contributed by atoms with Crippen molar-refractivity contribution in [3.8, 4) is 0 Å². The molecule has 0 radical (unpaired) electrons. The second-order valence-corrected chi connectivity index (χ2v) is 7.27. The number of aryl methyl sites for hydroxylation is 1. The van der Waals surface area contributed by atoms with Gasteiger partial charge in [-0.15, -0.1) is 5.10 Å². The lowest BCUT2D eigenvalue weighted by molar-refractivity contribution is -0.121. The molecule has 0 aliphatic carbocycles. The Morgan fingerprint density at radius 3 is 2.83 bits per heavy atom. The highest BCUT2D eigenvalue weighted by Gasteiger charge is 2.17. The Morgan fingerprint density at radius 2 is 2.07 bits per heavy atom. The van der Waals surface area contributed by atoms with Crippen LogP contribution in [0.5, 0.6) is 0 Å². The van der Waals surface area contributed by atoms with E-state index in [0.29, 0.717) is 17.3 Å². The SMILES string of the molecule is CC(C)NC(=O)CCn1cc(C(=O)OCC(C)n2ccc3c(Cl)ncnc32)nn1. The highest BCUT2D eigenvalue weighted by molar-refractivity contribution is 6.33. The van der Waals surface area contributed by atoms with E-state index in [1.165, 1.54) is 17.2 Å². The summed E-state index contributed by atoms with van der Waals surface area (Å²) in [6.45, 7) is 6.12. The number of esters is 1. The van der Waals surface area contributed by atoms with Crippen LogP contribution in [-0.4, -0.2) is 54.1 Å². The van der Waals surface area contributed by atoms with Gasteiger partial charge in [-0.05, 0) is 26.8 Å². The van der Waals surface area contributed by atoms with Crippen LogP contribution in [0.1, 0.15) is 43.7 Å². The molecule has 0 aliphatic rings. The van der Waals surface area contributed by atoms with Crippen LogP contribution < -0.4 is 5.32 Å². The van der Waals surface area contributed by atoms with Crippen LogP contribution in [0, 0.1) is 0 Å². The fourth-order valence-corrected chi connectivity index (χ4v) is 2.95. The molecule has 154 valence electrons. The van der Waals surface area contributed by atoms with E-state index in [2.05, 4.69) is 25.6 Å². The van der Waals surface area contributed by atoms with Crippen LogP contribution in [0.25, 0.3) is 11.0 Å². The van der Waals surface area contributed by atoms with E-state index in [1.54, 1.807) is 0 Å². The van der Waals surface area contributed by atoms with E-state index < -0.39 is 5.97 Å². The monoisotopic (exact) mass is 419 g/mol. The first-order valence-electron chi connectivity index (χ1n) is 9.18. The van der Waals surface area contributed by atoms with E-state index in [9.17, 15) is 9.59 Å². The number of hydrogen-bond donors (Lipinski definition) is 1. The van der Waals surface area contributed by atoms with E-state index in [1.807, 2.05) is 37.6 Å². The minimum absolute atomic E-state index is 0.0747. The molecule has 0 spiro atoms. The van der Waals surface area contributed by atoms with E-state index in [4.69, 9.17) is 16.3 Å². The third-order valence-corrected chi connectivity index (χ3v) is 4.46. The fourth-order valence-electron chi connectivity index (χ4n) is 2.76. The van der Waals surface area contributed by atoms with E-state index in [-0.39, 0.29) is 36.7 Å². The van der Waals surface area contributed by atoms with Gasteiger partial charge in [0.05, 0.1) is 24.2 Å². The molecule has 3 heterocycles. The standard InChI is InChI=1S/C18H22ClN7O3/c1-11(2)22-15(27)5-6-25-8-14(23-24-25)18(28)29-9-12(3)26-7-4-13-16(19)20-10-21-17(13)26/h4,7-8,10-12H,5-6,9H2,1-3H3,(H,22,27). The number of nitrogens with one attached hydrogen (secondary N) is 1. The maximum absolute atomic E-state index is 12.3. The number of ether oxygens (including phenoxy) is 1. The molecule has 0 aromatic carbocycles. The number of amides is 1. The van der Waals surface area contributed by atoms with Gasteiger partial charge < -0.3 is 14.6 Å². The summed E-state index contributed by atoms with van der Waals surface area (Å²) in [5.74, 6) is -0.671. The van der Waals surface area contributed by atoms with Crippen molar-refractivity contribution < 1.29 is 14.3 Å². The average Bonchev–Trinajstić information content (AvgIpc) is 3.31. The summed E-state index contributed by atoms with van der Waals surface area (Å²) in [6.07, 6.45) is 4.92. The first-order valence-corrected chi connectivity index (χ1v) is 9.56. The van der Waals surface area contributed by atoms with Gasteiger partial charge in [-0.2, -0.15) is 0 Å². The molecule has 0 fully saturated rings. The number of aromatic nitrogens is 6. The molecule has 1 N–H and O–H groups in total. The number of rotatable bonds is 8. The second-order valence-electron chi connectivity index (χ2n) is 6.91. The number of fused-ring (bicyclic) bond motifs is 1. The molecule has 1 unspecified atom stereocenters. The Hall–Kier alpha value is -3.01. The summed E-state index contributed by atoms with van der Waals surface area (Å²) in [7, 11) is 0. The number of halogens is 1. The molecule has 0 bridgehead atoms. The Labute approximate surface area is 172 Å². The predicted molar refractivity (Wildman–Crippen MR) is 105 cm³/mol. The van der Waals surface area contributed by atoms with Crippen LogP contribution in [0.2, 0.25) is 5.15 Å². The summed E-state index contributed by atoms with van der Waals surface area (Å²) in [5.41, 5.74) is 0.753. The van der Waals surface area contributed by atoms with Gasteiger partial charge in [-0.1, -0.05) is 16.8 Å². The maximum Gasteiger partial charge on any atom is 0.360 e. The number of hydrogen-bond acceptors (Lipinski definition) is 7. The number of carbonyl (C=O) groups excluding carboxylic acids is 2. The molecule has 29 heavy (non-hydrogen) atoms. The van der Waals surface area contributed by atoms with Gasteiger partial charge in [0, 0.05) is 18.7 Å². The molecule has 1 atom stereocenters. The normalized spacial score (nSPS) is 12.3.